The topological polar surface area (TPSA) is 49.0 Å². The number of fused-ring (bicyclic) bond motifs is 1. The molecule has 1 aliphatic rings. The molecule has 2 aromatic heterocycles. The largest absolute Gasteiger partial charge is 0.361 e. The number of aromatic nitrogens is 2. The van der Waals surface area contributed by atoms with Gasteiger partial charge in [0, 0.05) is 51.8 Å². The Morgan fingerprint density at radius 2 is 1.93 bits per heavy atom. The molecular weight excluding hydrogens is 410 g/mol. The molecule has 0 unspecified atom stereocenters. The standard InChI is InChI=1S/C24H23N3OS2/c28-24(18-5-7-20(8-6-18)30-15-19-14-29-16-26-19)27-11-9-17(10-12-27)22-13-25-23-4-2-1-3-21(22)23/h1-8,13-14,16-17,25H,9-12,15H2. The van der Waals surface area contributed by atoms with E-state index in [2.05, 4.69) is 45.8 Å². The van der Waals surface area contributed by atoms with Crippen LogP contribution in [0.1, 0.15) is 40.4 Å². The van der Waals surface area contributed by atoms with Crippen molar-refractivity contribution in [3.8, 4) is 0 Å². The highest BCUT2D eigenvalue weighted by Gasteiger charge is 2.26. The molecule has 1 amide bonds. The summed E-state index contributed by atoms with van der Waals surface area (Å²) in [6.45, 7) is 1.62. The molecule has 0 spiro atoms. The maximum atomic E-state index is 13.0. The molecule has 6 heteroatoms. The Morgan fingerprint density at radius 3 is 2.70 bits per heavy atom. The van der Waals surface area contributed by atoms with Crippen molar-refractivity contribution in [1.29, 1.82) is 0 Å². The van der Waals surface area contributed by atoms with Crippen LogP contribution < -0.4 is 0 Å². The number of piperidine rings is 1. The lowest BCUT2D eigenvalue weighted by Crippen LogP contribution is -2.37. The van der Waals surface area contributed by atoms with Gasteiger partial charge in [-0.1, -0.05) is 18.2 Å². The van der Waals surface area contributed by atoms with Crippen molar-refractivity contribution in [2.45, 2.75) is 29.4 Å². The second-order valence-electron chi connectivity index (χ2n) is 7.65. The molecule has 0 bridgehead atoms. The number of likely N-dealkylation sites (tertiary alicyclic amines) is 1. The average molecular weight is 434 g/mol. The van der Waals surface area contributed by atoms with Crippen LogP contribution in [0.25, 0.3) is 10.9 Å². The fraction of sp³-hybridized carbons (Fsp3) is 0.250. The number of nitrogens with zero attached hydrogens (tertiary/aromatic N) is 2. The van der Waals surface area contributed by atoms with E-state index >= 15 is 0 Å². The van der Waals surface area contributed by atoms with E-state index in [1.807, 2.05) is 34.7 Å². The number of nitrogens with one attached hydrogen (secondary N) is 1. The third-order valence-electron chi connectivity index (χ3n) is 5.81. The zero-order valence-electron chi connectivity index (χ0n) is 16.6. The molecule has 4 aromatic rings. The number of hydrogen-bond acceptors (Lipinski definition) is 4. The van der Waals surface area contributed by atoms with Crippen molar-refractivity contribution in [2.24, 2.45) is 0 Å². The Balaban J connectivity index is 1.19. The number of para-hydroxylation sites is 1. The zero-order chi connectivity index (χ0) is 20.3. The average Bonchev–Trinajstić information content (AvgIpc) is 3.48. The number of hydrogen-bond donors (Lipinski definition) is 1. The van der Waals surface area contributed by atoms with Gasteiger partial charge in [-0.05, 0) is 54.7 Å². The van der Waals surface area contributed by atoms with Gasteiger partial charge in [0.05, 0.1) is 11.2 Å². The van der Waals surface area contributed by atoms with Gasteiger partial charge in [-0.15, -0.1) is 23.1 Å². The number of amides is 1. The highest BCUT2D eigenvalue weighted by molar-refractivity contribution is 7.98. The number of carbonyl (C=O) groups is 1. The van der Waals surface area contributed by atoms with E-state index < -0.39 is 0 Å². The van der Waals surface area contributed by atoms with Gasteiger partial charge in [0.15, 0.2) is 0 Å². The SMILES string of the molecule is O=C(c1ccc(SCc2cscn2)cc1)N1CCC(c2c[nH]c3ccccc23)CC1. The normalized spacial score (nSPS) is 15.0. The van der Waals surface area contributed by atoms with E-state index in [9.17, 15) is 4.79 Å². The number of carbonyl (C=O) groups excluding carboxylic acids is 1. The van der Waals surface area contributed by atoms with Gasteiger partial charge in [0.2, 0.25) is 0 Å². The van der Waals surface area contributed by atoms with Crippen molar-refractivity contribution in [3.63, 3.8) is 0 Å². The Kier molecular flexibility index (Phi) is 5.60. The van der Waals surface area contributed by atoms with E-state index in [4.69, 9.17) is 0 Å². The van der Waals surface area contributed by atoms with E-state index in [-0.39, 0.29) is 5.91 Å². The van der Waals surface area contributed by atoms with Crippen molar-refractivity contribution in [3.05, 3.63) is 82.4 Å². The Hall–Kier alpha value is -2.57. The fourth-order valence-electron chi connectivity index (χ4n) is 4.17. The molecule has 3 heterocycles. The number of aromatic amines is 1. The number of rotatable bonds is 5. The van der Waals surface area contributed by atoms with E-state index in [1.54, 1.807) is 23.1 Å². The first-order valence-corrected chi connectivity index (χ1v) is 12.2. The maximum Gasteiger partial charge on any atom is 0.253 e. The van der Waals surface area contributed by atoms with E-state index in [0.29, 0.717) is 5.92 Å². The number of benzene rings is 2. The van der Waals surface area contributed by atoms with Crippen molar-refractivity contribution < 1.29 is 4.79 Å². The van der Waals surface area contributed by atoms with Gasteiger partial charge in [0.25, 0.3) is 5.91 Å². The Labute approximate surface area is 184 Å². The molecule has 1 fully saturated rings. The van der Waals surface area contributed by atoms with Crippen molar-refractivity contribution >= 4 is 39.9 Å². The van der Waals surface area contributed by atoms with Gasteiger partial charge in [-0.3, -0.25) is 4.79 Å². The summed E-state index contributed by atoms with van der Waals surface area (Å²) in [5.74, 6) is 1.51. The molecule has 1 aliphatic heterocycles. The number of thioether (sulfide) groups is 1. The summed E-state index contributed by atoms with van der Waals surface area (Å²) < 4.78 is 0. The molecule has 0 radical (unpaired) electrons. The van der Waals surface area contributed by atoms with Crippen LogP contribution in [-0.2, 0) is 5.75 Å². The maximum absolute atomic E-state index is 13.0. The molecule has 2 aromatic carbocycles. The first kappa shape index (κ1) is 19.4. The molecule has 0 atom stereocenters. The summed E-state index contributed by atoms with van der Waals surface area (Å²) in [6, 6.07) is 16.5. The Bertz CT molecular complexity index is 1130. The molecule has 30 heavy (non-hydrogen) atoms. The first-order chi connectivity index (χ1) is 14.8. The number of thiazole rings is 1. The molecule has 0 aliphatic carbocycles. The quantitative estimate of drug-likeness (QED) is 0.397. The van der Waals surface area contributed by atoms with Crippen LogP contribution >= 0.6 is 23.1 Å². The minimum atomic E-state index is 0.142. The minimum Gasteiger partial charge on any atom is -0.361 e. The van der Waals surface area contributed by atoms with Gasteiger partial charge in [-0.25, -0.2) is 4.98 Å². The second kappa shape index (κ2) is 8.66. The predicted molar refractivity (Wildman–Crippen MR) is 124 cm³/mol. The van der Waals surface area contributed by atoms with Crippen molar-refractivity contribution in [2.75, 3.05) is 13.1 Å². The van der Waals surface area contributed by atoms with Gasteiger partial charge in [0.1, 0.15) is 0 Å². The molecule has 0 saturated carbocycles. The fourth-order valence-corrected chi connectivity index (χ4v) is 5.63. The summed E-state index contributed by atoms with van der Waals surface area (Å²) in [7, 11) is 0. The highest BCUT2D eigenvalue weighted by atomic mass is 32.2. The summed E-state index contributed by atoms with van der Waals surface area (Å²) in [5.41, 5.74) is 6.32. The molecule has 1 saturated heterocycles. The zero-order valence-corrected chi connectivity index (χ0v) is 18.2. The van der Waals surface area contributed by atoms with E-state index in [0.717, 1.165) is 47.8 Å². The Morgan fingerprint density at radius 1 is 1.13 bits per heavy atom. The first-order valence-electron chi connectivity index (χ1n) is 10.2. The van der Waals surface area contributed by atoms with E-state index in [1.165, 1.54) is 16.5 Å². The lowest BCUT2D eigenvalue weighted by Gasteiger charge is -2.32. The molecule has 1 N–H and O–H groups in total. The highest BCUT2D eigenvalue weighted by Crippen LogP contribution is 2.33. The van der Waals surface area contributed by atoms with Crippen LogP contribution in [0, 0.1) is 0 Å². The van der Waals surface area contributed by atoms with Crippen LogP contribution in [0.4, 0.5) is 0 Å². The van der Waals surface area contributed by atoms with Crippen molar-refractivity contribution in [1.82, 2.24) is 14.9 Å². The summed E-state index contributed by atoms with van der Waals surface area (Å²) in [5, 5.41) is 3.39. The molecule has 4 nitrogen and oxygen atoms in total. The molecule has 5 rings (SSSR count). The van der Waals surface area contributed by atoms with Crippen LogP contribution in [0.5, 0.6) is 0 Å². The molecule has 152 valence electrons. The predicted octanol–water partition coefficient (Wildman–Crippen LogP) is 5.94. The summed E-state index contributed by atoms with van der Waals surface area (Å²) in [4.78, 5) is 23.8. The lowest BCUT2D eigenvalue weighted by molar-refractivity contribution is 0.0713. The summed E-state index contributed by atoms with van der Waals surface area (Å²) >= 11 is 3.37. The van der Waals surface area contributed by atoms with Gasteiger partial charge < -0.3 is 9.88 Å². The summed E-state index contributed by atoms with van der Waals surface area (Å²) in [6.07, 6.45) is 4.17. The van der Waals surface area contributed by atoms with Crippen LogP contribution in [0.2, 0.25) is 0 Å². The van der Waals surface area contributed by atoms with Crippen LogP contribution in [-0.4, -0.2) is 33.9 Å². The lowest BCUT2D eigenvalue weighted by atomic mass is 9.89. The minimum absolute atomic E-state index is 0.142. The molecular formula is C24H23N3OS2. The van der Waals surface area contributed by atoms with Crippen LogP contribution in [0.15, 0.2) is 70.5 Å². The van der Waals surface area contributed by atoms with Crippen LogP contribution in [0.3, 0.4) is 0 Å². The second-order valence-corrected chi connectivity index (χ2v) is 9.42. The third-order valence-corrected chi connectivity index (χ3v) is 7.50. The number of H-pyrrole nitrogens is 1. The smallest absolute Gasteiger partial charge is 0.253 e. The van der Waals surface area contributed by atoms with Gasteiger partial charge in [-0.2, -0.15) is 0 Å². The van der Waals surface area contributed by atoms with Gasteiger partial charge >= 0.3 is 0 Å². The monoisotopic (exact) mass is 433 g/mol. The third kappa shape index (κ3) is 4.02.